The summed E-state index contributed by atoms with van der Waals surface area (Å²) in [7, 11) is 1.34. The highest BCUT2D eigenvalue weighted by Crippen LogP contribution is 2.20. The van der Waals surface area contributed by atoms with E-state index in [-0.39, 0.29) is 12.6 Å². The van der Waals surface area contributed by atoms with Gasteiger partial charge in [-0.15, -0.1) is 0 Å². The van der Waals surface area contributed by atoms with Gasteiger partial charge in [-0.1, -0.05) is 18.2 Å². The van der Waals surface area contributed by atoms with Gasteiger partial charge in [0.15, 0.2) is 0 Å². The van der Waals surface area contributed by atoms with Crippen LogP contribution in [0.3, 0.4) is 0 Å². The Kier molecular flexibility index (Phi) is 4.51. The number of aromatic nitrogens is 4. The zero-order valence-electron chi connectivity index (χ0n) is 12.6. The summed E-state index contributed by atoms with van der Waals surface area (Å²) < 4.78 is 8.28. The lowest BCUT2D eigenvalue weighted by molar-refractivity contribution is -0.146. The summed E-state index contributed by atoms with van der Waals surface area (Å²) in [4.78, 5) is 13.6. The second-order valence-electron chi connectivity index (χ2n) is 5.35. The lowest BCUT2D eigenvalue weighted by Gasteiger charge is -2.21. The van der Waals surface area contributed by atoms with Crippen LogP contribution in [0.25, 0.3) is 5.69 Å². The van der Waals surface area contributed by atoms with Crippen molar-refractivity contribution in [3.8, 4) is 5.69 Å². The fourth-order valence-corrected chi connectivity index (χ4v) is 2.92. The summed E-state index contributed by atoms with van der Waals surface area (Å²) in [5, 5.41) is 17.9. The van der Waals surface area contributed by atoms with Gasteiger partial charge in [0, 0.05) is 13.0 Å². The number of rotatable bonds is 4. The number of esters is 1. The average Bonchev–Trinajstić information content (AvgIpc) is 3.11. The topological polar surface area (TPSA) is 85.4 Å². The first-order valence-corrected chi connectivity index (χ1v) is 7.59. The highest BCUT2D eigenvalue weighted by atomic mass is 32.1. The molecular formula is C14H17N5O3S. The number of likely N-dealkylation sites (tertiary alicyclic amines) is 1. The molecule has 8 nitrogen and oxygen atoms in total. The minimum Gasteiger partial charge on any atom is -0.468 e. The van der Waals surface area contributed by atoms with Crippen molar-refractivity contribution in [1.82, 2.24) is 24.7 Å². The molecule has 2 heterocycles. The van der Waals surface area contributed by atoms with Crippen molar-refractivity contribution in [3.05, 3.63) is 35.1 Å². The monoisotopic (exact) mass is 335 g/mol. The summed E-state index contributed by atoms with van der Waals surface area (Å²) in [6.45, 7) is 0.627. The number of benzene rings is 1. The molecule has 0 saturated carbocycles. The Morgan fingerprint density at radius 1 is 1.39 bits per heavy atom. The molecule has 2 aromatic rings. The van der Waals surface area contributed by atoms with Crippen LogP contribution in [-0.2, 0) is 16.2 Å². The van der Waals surface area contributed by atoms with E-state index in [4.69, 9.17) is 17.0 Å². The van der Waals surface area contributed by atoms with Gasteiger partial charge in [0.25, 0.3) is 0 Å². The number of aliphatic hydroxyl groups is 1. The van der Waals surface area contributed by atoms with Crippen molar-refractivity contribution in [2.24, 2.45) is 0 Å². The summed E-state index contributed by atoms with van der Waals surface area (Å²) in [5.41, 5.74) is 0.815. The van der Waals surface area contributed by atoms with Gasteiger partial charge in [-0.25, -0.2) is 4.68 Å². The van der Waals surface area contributed by atoms with Crippen molar-refractivity contribution < 1.29 is 14.6 Å². The predicted octanol–water partition coefficient (Wildman–Crippen LogP) is 0.364. The molecule has 1 fully saturated rings. The Hall–Kier alpha value is -2.10. The summed E-state index contributed by atoms with van der Waals surface area (Å²) in [6, 6.07) is 8.95. The summed E-state index contributed by atoms with van der Waals surface area (Å²) in [5.74, 6) is -0.372. The maximum atomic E-state index is 11.8. The van der Waals surface area contributed by atoms with E-state index >= 15 is 0 Å². The standard InChI is InChI=1S/C14H17N5O3S/c1-22-13(21)12-7-11(20)8-17(12)9-18-14(23)19(16-15-18)10-5-3-2-4-6-10/h2-6,11-12,20H,7-9H2,1H3/t11-,12+/m1/s1. The first-order valence-electron chi connectivity index (χ1n) is 7.18. The number of β-amino-alcohol motifs (C(OH)–C–C–N with tert-alkyl or cyclic N) is 1. The fraction of sp³-hybridized carbons (Fsp3) is 0.429. The van der Waals surface area contributed by atoms with Crippen molar-refractivity contribution >= 4 is 18.2 Å². The third-order valence-corrected chi connectivity index (χ3v) is 4.19. The Morgan fingerprint density at radius 3 is 2.83 bits per heavy atom. The first-order chi connectivity index (χ1) is 11.1. The van der Waals surface area contributed by atoms with E-state index in [0.717, 1.165) is 5.69 Å². The Labute approximate surface area is 137 Å². The zero-order chi connectivity index (χ0) is 16.4. The molecule has 1 N–H and O–H groups in total. The van der Waals surface area contributed by atoms with Crippen LogP contribution in [0.5, 0.6) is 0 Å². The van der Waals surface area contributed by atoms with Crippen molar-refractivity contribution in [2.75, 3.05) is 13.7 Å². The SMILES string of the molecule is COC(=O)[C@@H]1C[C@@H](O)CN1Cn1nnn(-c2ccccc2)c1=S. The van der Waals surface area contributed by atoms with Gasteiger partial charge in [0.05, 0.1) is 25.6 Å². The molecule has 0 radical (unpaired) electrons. The van der Waals surface area contributed by atoms with Crippen LogP contribution in [0.2, 0.25) is 0 Å². The normalized spacial score (nSPS) is 21.5. The highest BCUT2D eigenvalue weighted by Gasteiger charge is 2.37. The molecule has 1 aliphatic rings. The number of aliphatic hydroxyl groups excluding tert-OH is 1. The van der Waals surface area contributed by atoms with E-state index in [2.05, 4.69) is 10.4 Å². The van der Waals surface area contributed by atoms with Gasteiger partial charge in [0.1, 0.15) is 6.04 Å². The molecule has 122 valence electrons. The lowest BCUT2D eigenvalue weighted by Crippen LogP contribution is -2.38. The molecule has 0 unspecified atom stereocenters. The third kappa shape index (κ3) is 3.16. The maximum absolute atomic E-state index is 11.8. The maximum Gasteiger partial charge on any atom is 0.323 e. The van der Waals surface area contributed by atoms with Gasteiger partial charge >= 0.3 is 5.97 Å². The van der Waals surface area contributed by atoms with Gasteiger partial charge in [-0.05, 0) is 34.8 Å². The van der Waals surface area contributed by atoms with Gasteiger partial charge in [-0.2, -0.15) is 4.68 Å². The van der Waals surface area contributed by atoms with E-state index in [1.807, 2.05) is 30.3 Å². The fourth-order valence-electron chi connectivity index (χ4n) is 2.68. The molecule has 3 rings (SSSR count). The number of para-hydroxylation sites is 1. The molecule has 0 amide bonds. The number of carbonyl (C=O) groups excluding carboxylic acids is 1. The van der Waals surface area contributed by atoms with Gasteiger partial charge in [-0.3, -0.25) is 9.69 Å². The average molecular weight is 335 g/mol. The molecule has 2 atom stereocenters. The second kappa shape index (κ2) is 6.57. The van der Waals surface area contributed by atoms with E-state index in [1.54, 1.807) is 9.58 Å². The Balaban J connectivity index is 1.82. The third-order valence-electron chi connectivity index (χ3n) is 3.81. The molecular weight excluding hydrogens is 318 g/mol. The largest absolute Gasteiger partial charge is 0.468 e. The minimum absolute atomic E-state index is 0.266. The smallest absolute Gasteiger partial charge is 0.323 e. The van der Waals surface area contributed by atoms with E-state index in [9.17, 15) is 9.90 Å². The molecule has 0 spiro atoms. The summed E-state index contributed by atoms with van der Waals surface area (Å²) in [6.07, 6.45) is -0.232. The van der Waals surface area contributed by atoms with Crippen LogP contribution in [0.15, 0.2) is 30.3 Å². The molecule has 23 heavy (non-hydrogen) atoms. The number of hydrogen-bond donors (Lipinski definition) is 1. The van der Waals surface area contributed by atoms with Crippen LogP contribution < -0.4 is 0 Å². The number of methoxy groups -OCH3 is 1. The molecule has 0 aliphatic carbocycles. The first kappa shape index (κ1) is 15.8. The van der Waals surface area contributed by atoms with E-state index in [1.165, 1.54) is 11.8 Å². The number of ether oxygens (including phenoxy) is 1. The molecule has 9 heteroatoms. The minimum atomic E-state index is -0.572. The van der Waals surface area contributed by atoms with Gasteiger partial charge in [0.2, 0.25) is 4.77 Å². The molecule has 1 aromatic carbocycles. The number of carbonyl (C=O) groups is 1. The number of hydrogen-bond acceptors (Lipinski definition) is 7. The number of nitrogens with zero attached hydrogens (tertiary/aromatic N) is 5. The highest BCUT2D eigenvalue weighted by molar-refractivity contribution is 7.71. The zero-order valence-corrected chi connectivity index (χ0v) is 13.4. The van der Waals surface area contributed by atoms with E-state index < -0.39 is 12.1 Å². The van der Waals surface area contributed by atoms with Crippen LogP contribution in [-0.4, -0.2) is 61.6 Å². The van der Waals surface area contributed by atoms with Crippen LogP contribution in [0.4, 0.5) is 0 Å². The Morgan fingerprint density at radius 2 is 2.13 bits per heavy atom. The summed E-state index contributed by atoms with van der Waals surface area (Å²) >= 11 is 5.40. The van der Waals surface area contributed by atoms with Crippen LogP contribution in [0, 0.1) is 4.77 Å². The molecule has 1 saturated heterocycles. The van der Waals surface area contributed by atoms with Crippen LogP contribution in [0.1, 0.15) is 6.42 Å². The van der Waals surface area contributed by atoms with Gasteiger partial charge < -0.3 is 9.84 Å². The molecule has 1 aromatic heterocycles. The Bertz CT molecular complexity index is 744. The number of tetrazole rings is 1. The van der Waals surface area contributed by atoms with E-state index in [0.29, 0.717) is 17.7 Å². The molecule has 1 aliphatic heterocycles. The van der Waals surface area contributed by atoms with Crippen LogP contribution >= 0.6 is 12.2 Å². The molecule has 0 bridgehead atoms. The van der Waals surface area contributed by atoms with Crippen molar-refractivity contribution in [1.29, 1.82) is 0 Å². The lowest BCUT2D eigenvalue weighted by atomic mass is 10.2. The predicted molar refractivity (Wildman–Crippen MR) is 83.3 cm³/mol. The van der Waals surface area contributed by atoms with Crippen molar-refractivity contribution in [3.63, 3.8) is 0 Å². The quantitative estimate of drug-likeness (QED) is 0.638. The van der Waals surface area contributed by atoms with Crippen molar-refractivity contribution in [2.45, 2.75) is 25.2 Å². The second-order valence-corrected chi connectivity index (χ2v) is 5.71.